The fourth-order valence-electron chi connectivity index (χ4n) is 2.08. The van der Waals surface area contributed by atoms with E-state index in [1.165, 1.54) is 6.07 Å². The highest BCUT2D eigenvalue weighted by atomic mass is 19.1. The van der Waals surface area contributed by atoms with Gasteiger partial charge in [-0.3, -0.25) is 0 Å². The highest BCUT2D eigenvalue weighted by Gasteiger charge is 2.11. The van der Waals surface area contributed by atoms with Crippen molar-refractivity contribution in [1.82, 2.24) is 0 Å². The van der Waals surface area contributed by atoms with Crippen molar-refractivity contribution in [2.24, 2.45) is 5.73 Å². The first kappa shape index (κ1) is 14.3. The molecular weight excluding hydrogens is 255 g/mol. The predicted molar refractivity (Wildman–Crippen MR) is 79.5 cm³/mol. The fourth-order valence-corrected chi connectivity index (χ4v) is 2.08. The normalized spacial score (nSPS) is 12.0. The molecule has 3 N–H and O–H groups in total. The van der Waals surface area contributed by atoms with Gasteiger partial charge in [0.05, 0.1) is 13.2 Å². The van der Waals surface area contributed by atoms with E-state index in [4.69, 9.17) is 10.5 Å². The number of methoxy groups -OCH3 is 1. The summed E-state index contributed by atoms with van der Waals surface area (Å²) in [6.07, 6.45) is 0. The Bertz CT molecular complexity index is 586. The van der Waals surface area contributed by atoms with Crippen LogP contribution in [0.3, 0.4) is 0 Å². The van der Waals surface area contributed by atoms with Gasteiger partial charge in [-0.2, -0.15) is 0 Å². The number of benzene rings is 2. The monoisotopic (exact) mass is 274 g/mol. The van der Waals surface area contributed by atoms with Gasteiger partial charge in [0.15, 0.2) is 0 Å². The van der Waals surface area contributed by atoms with Crippen molar-refractivity contribution in [3.05, 3.63) is 59.4 Å². The molecule has 0 aliphatic heterocycles. The van der Waals surface area contributed by atoms with E-state index >= 15 is 0 Å². The van der Waals surface area contributed by atoms with E-state index in [2.05, 4.69) is 5.32 Å². The highest BCUT2D eigenvalue weighted by Crippen LogP contribution is 2.23. The molecule has 0 amide bonds. The van der Waals surface area contributed by atoms with E-state index in [1.54, 1.807) is 20.1 Å². The van der Waals surface area contributed by atoms with Crippen LogP contribution in [0.1, 0.15) is 17.2 Å². The van der Waals surface area contributed by atoms with Crippen molar-refractivity contribution < 1.29 is 9.13 Å². The Morgan fingerprint density at radius 1 is 1.25 bits per heavy atom. The molecule has 0 aromatic heterocycles. The molecular formula is C16H19FN2O. The standard InChI is InChI=1S/C16H19FN2O/c1-11-8-12(6-7-15(11)17)16(10-18)19-13-4-3-5-14(9-13)20-2/h3-9,16,19H,10,18H2,1-2H3. The Hall–Kier alpha value is -2.07. The van der Waals surface area contributed by atoms with Gasteiger partial charge >= 0.3 is 0 Å². The van der Waals surface area contributed by atoms with Crippen LogP contribution < -0.4 is 15.8 Å². The van der Waals surface area contributed by atoms with Gasteiger partial charge in [0.2, 0.25) is 0 Å². The summed E-state index contributed by atoms with van der Waals surface area (Å²) in [5.74, 6) is 0.576. The maximum Gasteiger partial charge on any atom is 0.126 e. The Labute approximate surface area is 118 Å². The van der Waals surface area contributed by atoms with E-state index in [9.17, 15) is 4.39 Å². The van der Waals surface area contributed by atoms with Crippen LogP contribution in [0.15, 0.2) is 42.5 Å². The molecule has 0 spiro atoms. The zero-order valence-corrected chi connectivity index (χ0v) is 11.7. The lowest BCUT2D eigenvalue weighted by Gasteiger charge is -2.19. The lowest BCUT2D eigenvalue weighted by molar-refractivity contribution is 0.415. The van der Waals surface area contributed by atoms with Crippen LogP contribution in [0.4, 0.5) is 10.1 Å². The molecule has 0 bridgehead atoms. The molecule has 0 fully saturated rings. The van der Waals surface area contributed by atoms with Crippen molar-refractivity contribution in [2.45, 2.75) is 13.0 Å². The summed E-state index contributed by atoms with van der Waals surface area (Å²) < 4.78 is 18.5. The molecule has 2 aromatic carbocycles. The van der Waals surface area contributed by atoms with Crippen LogP contribution in [0.25, 0.3) is 0 Å². The minimum Gasteiger partial charge on any atom is -0.497 e. The molecule has 2 rings (SSSR count). The van der Waals surface area contributed by atoms with Crippen LogP contribution in [0.5, 0.6) is 5.75 Å². The van der Waals surface area contributed by atoms with Gasteiger partial charge in [-0.15, -0.1) is 0 Å². The molecule has 4 heteroatoms. The number of nitrogens with one attached hydrogen (secondary N) is 1. The Balaban J connectivity index is 2.21. The number of rotatable bonds is 5. The van der Waals surface area contributed by atoms with E-state index in [0.29, 0.717) is 12.1 Å². The smallest absolute Gasteiger partial charge is 0.126 e. The third kappa shape index (κ3) is 3.27. The minimum atomic E-state index is -0.203. The Morgan fingerprint density at radius 3 is 2.70 bits per heavy atom. The first-order chi connectivity index (χ1) is 9.63. The SMILES string of the molecule is COc1cccc(NC(CN)c2ccc(F)c(C)c2)c1. The van der Waals surface area contributed by atoms with Crippen LogP contribution in [0, 0.1) is 12.7 Å². The number of ether oxygens (including phenoxy) is 1. The number of anilines is 1. The van der Waals surface area contributed by atoms with Gasteiger partial charge in [0.1, 0.15) is 11.6 Å². The lowest BCUT2D eigenvalue weighted by Crippen LogP contribution is -2.20. The molecule has 1 unspecified atom stereocenters. The van der Waals surface area contributed by atoms with Gasteiger partial charge < -0.3 is 15.8 Å². The predicted octanol–water partition coefficient (Wildman–Crippen LogP) is 3.25. The Morgan fingerprint density at radius 2 is 2.05 bits per heavy atom. The second-order valence-corrected chi connectivity index (χ2v) is 4.67. The first-order valence-corrected chi connectivity index (χ1v) is 6.50. The average Bonchev–Trinajstić information content (AvgIpc) is 2.48. The number of hydrogen-bond acceptors (Lipinski definition) is 3. The highest BCUT2D eigenvalue weighted by molar-refractivity contribution is 5.50. The third-order valence-corrected chi connectivity index (χ3v) is 3.23. The van der Waals surface area contributed by atoms with Gasteiger partial charge in [0.25, 0.3) is 0 Å². The van der Waals surface area contributed by atoms with Crippen molar-refractivity contribution >= 4 is 5.69 Å². The number of aryl methyl sites for hydroxylation is 1. The molecule has 0 aliphatic carbocycles. The van der Waals surface area contributed by atoms with E-state index < -0.39 is 0 Å². The number of hydrogen-bond donors (Lipinski definition) is 2. The molecule has 20 heavy (non-hydrogen) atoms. The van der Waals surface area contributed by atoms with Gasteiger partial charge in [-0.05, 0) is 36.2 Å². The van der Waals surface area contributed by atoms with Gasteiger partial charge in [-0.1, -0.05) is 18.2 Å². The number of nitrogens with two attached hydrogens (primary N) is 1. The molecule has 0 radical (unpaired) electrons. The maximum absolute atomic E-state index is 13.3. The van der Waals surface area contributed by atoms with Crippen molar-refractivity contribution in [3.8, 4) is 5.75 Å². The van der Waals surface area contributed by atoms with Crippen LogP contribution in [-0.4, -0.2) is 13.7 Å². The summed E-state index contributed by atoms with van der Waals surface area (Å²) in [5.41, 5.74) is 8.33. The largest absolute Gasteiger partial charge is 0.497 e. The summed E-state index contributed by atoms with van der Waals surface area (Å²) in [4.78, 5) is 0. The molecule has 0 aliphatic rings. The average molecular weight is 274 g/mol. The van der Waals surface area contributed by atoms with Gasteiger partial charge in [-0.25, -0.2) is 4.39 Å². The Kier molecular flexibility index (Phi) is 4.58. The summed E-state index contributed by atoms with van der Waals surface area (Å²) >= 11 is 0. The minimum absolute atomic E-state index is 0.0681. The number of halogens is 1. The maximum atomic E-state index is 13.3. The van der Waals surface area contributed by atoms with E-state index in [0.717, 1.165) is 17.0 Å². The summed E-state index contributed by atoms with van der Waals surface area (Å²) in [6, 6.07) is 12.6. The molecule has 106 valence electrons. The third-order valence-electron chi connectivity index (χ3n) is 3.23. The van der Waals surface area contributed by atoms with Crippen LogP contribution in [0.2, 0.25) is 0 Å². The summed E-state index contributed by atoms with van der Waals surface area (Å²) in [6.45, 7) is 2.17. The van der Waals surface area contributed by atoms with E-state index in [1.807, 2.05) is 30.3 Å². The van der Waals surface area contributed by atoms with Crippen molar-refractivity contribution in [2.75, 3.05) is 19.0 Å². The molecule has 2 aromatic rings. The first-order valence-electron chi connectivity index (χ1n) is 6.50. The zero-order valence-electron chi connectivity index (χ0n) is 11.7. The van der Waals surface area contributed by atoms with E-state index in [-0.39, 0.29) is 11.9 Å². The molecule has 3 nitrogen and oxygen atoms in total. The molecule has 0 saturated carbocycles. The van der Waals surface area contributed by atoms with Crippen molar-refractivity contribution in [3.63, 3.8) is 0 Å². The van der Waals surface area contributed by atoms with Crippen LogP contribution >= 0.6 is 0 Å². The quantitative estimate of drug-likeness (QED) is 0.879. The summed E-state index contributed by atoms with van der Waals surface area (Å²) in [5, 5.41) is 3.34. The lowest BCUT2D eigenvalue weighted by atomic mass is 10.0. The molecule has 0 heterocycles. The molecule has 1 atom stereocenters. The second kappa shape index (κ2) is 6.39. The second-order valence-electron chi connectivity index (χ2n) is 4.67. The summed E-state index contributed by atoms with van der Waals surface area (Å²) in [7, 11) is 1.63. The van der Waals surface area contributed by atoms with Crippen LogP contribution in [-0.2, 0) is 0 Å². The van der Waals surface area contributed by atoms with Crippen molar-refractivity contribution in [1.29, 1.82) is 0 Å². The van der Waals surface area contributed by atoms with Gasteiger partial charge in [0, 0.05) is 18.3 Å². The topological polar surface area (TPSA) is 47.3 Å². The fraction of sp³-hybridized carbons (Fsp3) is 0.250. The molecule has 0 saturated heterocycles. The zero-order chi connectivity index (χ0) is 14.5.